The summed E-state index contributed by atoms with van der Waals surface area (Å²) in [5.74, 6) is 0.561. The number of fused-ring (bicyclic) bond motifs is 1. The second-order valence-corrected chi connectivity index (χ2v) is 5.99. The first-order valence-electron chi connectivity index (χ1n) is 7.30. The minimum Gasteiger partial charge on any atom is -0.344 e. The number of aryl methyl sites for hydroxylation is 2. The van der Waals surface area contributed by atoms with Gasteiger partial charge in [0.2, 0.25) is 0 Å². The van der Waals surface area contributed by atoms with Crippen molar-refractivity contribution in [3.05, 3.63) is 58.8 Å². The summed E-state index contributed by atoms with van der Waals surface area (Å²) in [4.78, 5) is 20.9. The van der Waals surface area contributed by atoms with Crippen molar-refractivity contribution in [3.63, 3.8) is 0 Å². The molecule has 0 aliphatic rings. The maximum atomic E-state index is 12.6. The maximum absolute atomic E-state index is 12.6. The fourth-order valence-electron chi connectivity index (χ4n) is 2.50. The molecule has 0 saturated heterocycles. The van der Waals surface area contributed by atoms with Gasteiger partial charge < -0.3 is 9.88 Å². The molecule has 1 N–H and O–H groups in total. The van der Waals surface area contributed by atoms with Crippen LogP contribution >= 0.6 is 11.6 Å². The highest BCUT2D eigenvalue weighted by Crippen LogP contribution is 2.23. The van der Waals surface area contributed by atoms with E-state index in [1.54, 1.807) is 12.4 Å². The van der Waals surface area contributed by atoms with Gasteiger partial charge in [-0.25, -0.2) is 9.97 Å². The number of benzene rings is 1. The van der Waals surface area contributed by atoms with E-state index in [9.17, 15) is 4.79 Å². The molecule has 0 aliphatic heterocycles. The first-order chi connectivity index (χ1) is 11.0. The van der Waals surface area contributed by atoms with Crippen LogP contribution in [0.4, 0.5) is 0 Å². The van der Waals surface area contributed by atoms with E-state index in [0.29, 0.717) is 16.5 Å². The van der Waals surface area contributed by atoms with E-state index in [1.807, 2.05) is 49.7 Å². The van der Waals surface area contributed by atoms with Crippen molar-refractivity contribution in [1.29, 1.82) is 0 Å². The van der Waals surface area contributed by atoms with Gasteiger partial charge >= 0.3 is 0 Å². The molecule has 118 valence electrons. The predicted octanol–water partition coefficient (Wildman–Crippen LogP) is 3.42. The van der Waals surface area contributed by atoms with E-state index in [0.717, 1.165) is 16.5 Å². The SMILES string of the molecule is Cc1ncc(C(C)NC(=O)c2cc3ccc(Cl)cc3n2C)cn1. The van der Waals surface area contributed by atoms with Crippen LogP contribution in [-0.2, 0) is 7.05 Å². The van der Waals surface area contributed by atoms with E-state index in [2.05, 4.69) is 15.3 Å². The summed E-state index contributed by atoms with van der Waals surface area (Å²) in [6.45, 7) is 3.74. The molecule has 0 aliphatic carbocycles. The number of hydrogen-bond donors (Lipinski definition) is 1. The molecule has 0 spiro atoms. The van der Waals surface area contributed by atoms with Crippen molar-refractivity contribution >= 4 is 28.4 Å². The minimum atomic E-state index is -0.176. The number of rotatable bonds is 3. The first-order valence-corrected chi connectivity index (χ1v) is 7.68. The summed E-state index contributed by atoms with van der Waals surface area (Å²) in [5.41, 5.74) is 2.38. The molecule has 2 heterocycles. The maximum Gasteiger partial charge on any atom is 0.268 e. The van der Waals surface area contributed by atoms with Crippen molar-refractivity contribution in [2.45, 2.75) is 19.9 Å². The predicted molar refractivity (Wildman–Crippen MR) is 90.6 cm³/mol. The Bertz CT molecular complexity index is 870. The number of aromatic nitrogens is 3. The zero-order valence-electron chi connectivity index (χ0n) is 13.2. The summed E-state index contributed by atoms with van der Waals surface area (Å²) in [7, 11) is 1.85. The Morgan fingerprint density at radius 3 is 2.65 bits per heavy atom. The molecular weight excluding hydrogens is 312 g/mol. The van der Waals surface area contributed by atoms with E-state index in [-0.39, 0.29) is 11.9 Å². The van der Waals surface area contributed by atoms with Crippen LogP contribution in [0.2, 0.25) is 5.02 Å². The van der Waals surface area contributed by atoms with Crippen LogP contribution in [0.25, 0.3) is 10.9 Å². The summed E-state index contributed by atoms with van der Waals surface area (Å²) in [6.07, 6.45) is 3.46. The fraction of sp³-hybridized carbons (Fsp3) is 0.235. The van der Waals surface area contributed by atoms with Crippen molar-refractivity contribution < 1.29 is 4.79 Å². The standard InChI is InChI=1S/C17H17ClN4O/c1-10(13-8-19-11(2)20-9-13)21-17(23)16-6-12-4-5-14(18)7-15(12)22(16)3/h4-10H,1-3H3,(H,21,23). The van der Waals surface area contributed by atoms with Crippen LogP contribution in [0, 0.1) is 6.92 Å². The van der Waals surface area contributed by atoms with Gasteiger partial charge in [0.15, 0.2) is 0 Å². The molecule has 3 rings (SSSR count). The van der Waals surface area contributed by atoms with Crippen LogP contribution in [0.1, 0.15) is 34.8 Å². The van der Waals surface area contributed by atoms with E-state index >= 15 is 0 Å². The lowest BCUT2D eigenvalue weighted by molar-refractivity contribution is 0.0932. The molecule has 0 bridgehead atoms. The van der Waals surface area contributed by atoms with Crippen LogP contribution in [0.3, 0.4) is 0 Å². The topological polar surface area (TPSA) is 59.8 Å². The first kappa shape index (κ1) is 15.5. The zero-order valence-corrected chi connectivity index (χ0v) is 13.9. The Balaban J connectivity index is 1.85. The number of nitrogens with zero attached hydrogens (tertiary/aromatic N) is 3. The third-order valence-corrected chi connectivity index (χ3v) is 4.12. The fourth-order valence-corrected chi connectivity index (χ4v) is 2.67. The largest absolute Gasteiger partial charge is 0.344 e. The monoisotopic (exact) mass is 328 g/mol. The third kappa shape index (κ3) is 3.05. The molecular formula is C17H17ClN4O. The van der Waals surface area contributed by atoms with Gasteiger partial charge in [0, 0.05) is 40.9 Å². The quantitative estimate of drug-likeness (QED) is 0.801. The Morgan fingerprint density at radius 1 is 1.26 bits per heavy atom. The molecule has 1 aromatic carbocycles. The number of carbonyl (C=O) groups excluding carboxylic acids is 1. The third-order valence-electron chi connectivity index (χ3n) is 3.89. The normalized spacial score (nSPS) is 12.3. The molecule has 1 unspecified atom stereocenters. The Hall–Kier alpha value is -2.40. The average molecular weight is 329 g/mol. The van der Waals surface area contributed by atoms with Gasteiger partial charge in [-0.05, 0) is 32.0 Å². The summed E-state index contributed by atoms with van der Waals surface area (Å²) < 4.78 is 1.84. The van der Waals surface area contributed by atoms with Gasteiger partial charge in [0.25, 0.3) is 5.91 Å². The molecule has 5 nitrogen and oxygen atoms in total. The van der Waals surface area contributed by atoms with Gasteiger partial charge in [0.1, 0.15) is 11.5 Å². The van der Waals surface area contributed by atoms with Crippen molar-refractivity contribution in [2.75, 3.05) is 0 Å². The molecule has 0 fully saturated rings. The van der Waals surface area contributed by atoms with Crippen molar-refractivity contribution in [1.82, 2.24) is 19.9 Å². The second-order valence-electron chi connectivity index (χ2n) is 5.55. The lowest BCUT2D eigenvalue weighted by Crippen LogP contribution is -2.28. The van der Waals surface area contributed by atoms with Gasteiger partial charge in [-0.15, -0.1) is 0 Å². The Labute approximate surface area is 139 Å². The number of amides is 1. The van der Waals surface area contributed by atoms with Gasteiger partial charge in [-0.2, -0.15) is 0 Å². The summed E-state index contributed by atoms with van der Waals surface area (Å²) in [6, 6.07) is 7.26. The van der Waals surface area contributed by atoms with Gasteiger partial charge in [0.05, 0.1) is 6.04 Å². The molecule has 3 aromatic rings. The number of carbonyl (C=O) groups is 1. The Kier molecular flexibility index (Phi) is 4.05. The summed E-state index contributed by atoms with van der Waals surface area (Å²) in [5, 5.41) is 4.60. The van der Waals surface area contributed by atoms with Gasteiger partial charge in [-0.3, -0.25) is 4.79 Å². The van der Waals surface area contributed by atoms with Crippen LogP contribution < -0.4 is 5.32 Å². The minimum absolute atomic E-state index is 0.145. The van der Waals surface area contributed by atoms with Crippen molar-refractivity contribution in [2.24, 2.45) is 7.05 Å². The molecule has 0 saturated carbocycles. The number of hydrogen-bond acceptors (Lipinski definition) is 3. The lowest BCUT2D eigenvalue weighted by atomic mass is 10.2. The molecule has 1 atom stereocenters. The highest BCUT2D eigenvalue weighted by Gasteiger charge is 2.16. The molecule has 1 amide bonds. The zero-order chi connectivity index (χ0) is 16.6. The molecule has 23 heavy (non-hydrogen) atoms. The van der Waals surface area contributed by atoms with Gasteiger partial charge in [-0.1, -0.05) is 17.7 Å². The van der Waals surface area contributed by atoms with E-state index in [1.165, 1.54) is 0 Å². The second kappa shape index (κ2) is 6.01. The average Bonchev–Trinajstić information content (AvgIpc) is 2.85. The Morgan fingerprint density at radius 2 is 1.96 bits per heavy atom. The molecule has 0 radical (unpaired) electrons. The molecule has 6 heteroatoms. The van der Waals surface area contributed by atoms with E-state index < -0.39 is 0 Å². The summed E-state index contributed by atoms with van der Waals surface area (Å²) >= 11 is 6.03. The highest BCUT2D eigenvalue weighted by molar-refractivity contribution is 6.31. The van der Waals surface area contributed by atoms with Crippen LogP contribution in [-0.4, -0.2) is 20.4 Å². The van der Waals surface area contributed by atoms with Crippen molar-refractivity contribution in [3.8, 4) is 0 Å². The van der Waals surface area contributed by atoms with Crippen LogP contribution in [0.15, 0.2) is 36.7 Å². The van der Waals surface area contributed by atoms with E-state index in [4.69, 9.17) is 11.6 Å². The number of nitrogens with one attached hydrogen (secondary N) is 1. The number of halogens is 1. The van der Waals surface area contributed by atoms with Crippen LogP contribution in [0.5, 0.6) is 0 Å². The highest BCUT2D eigenvalue weighted by atomic mass is 35.5. The molecule has 2 aromatic heterocycles. The smallest absolute Gasteiger partial charge is 0.268 e. The lowest BCUT2D eigenvalue weighted by Gasteiger charge is -2.14.